The molecule has 0 aromatic heterocycles. The zero-order valence-corrected chi connectivity index (χ0v) is 26.1. The Morgan fingerprint density at radius 1 is 0.649 bits per heavy atom. The van der Waals surface area contributed by atoms with E-state index in [1.807, 2.05) is 0 Å². The molecular weight excluding hydrogens is 458 g/mol. The molecule has 2 fully saturated rings. The van der Waals surface area contributed by atoms with E-state index in [4.69, 9.17) is 18.6 Å². The van der Waals surface area contributed by atoms with Crippen LogP contribution in [0.1, 0.15) is 140 Å². The van der Waals surface area contributed by atoms with Gasteiger partial charge in [-0.2, -0.15) is 0 Å². The van der Waals surface area contributed by atoms with Crippen LogP contribution in [0.15, 0.2) is 23.2 Å². The standard InChI is InChI=1S/C31H56B2O4/c1-12-14-16-18-20-24-23-31(11,33-36-29(7,8)30(9,10)37-33)25(21-19-17-15-13-2)22-26(24)32-34-27(3,4)28(5,6)35-32/h22-23,25H,12-21H2,1-11H3. The van der Waals surface area contributed by atoms with Crippen molar-refractivity contribution in [2.75, 3.05) is 0 Å². The molecule has 0 saturated carbocycles. The summed E-state index contributed by atoms with van der Waals surface area (Å²) in [6.07, 6.45) is 17.1. The average molecular weight is 514 g/mol. The molecule has 3 rings (SSSR count). The minimum absolute atomic E-state index is 0.246. The van der Waals surface area contributed by atoms with E-state index >= 15 is 0 Å². The summed E-state index contributed by atoms with van der Waals surface area (Å²) in [6, 6.07) is 0. The Labute approximate surface area is 230 Å². The lowest BCUT2D eigenvalue weighted by Crippen LogP contribution is -2.41. The Bertz CT molecular complexity index is 812. The Morgan fingerprint density at radius 2 is 1.14 bits per heavy atom. The Hall–Kier alpha value is -0.550. The fraction of sp³-hybridized carbons (Fsp3) is 0.871. The predicted molar refractivity (Wildman–Crippen MR) is 158 cm³/mol. The summed E-state index contributed by atoms with van der Waals surface area (Å²) < 4.78 is 26.7. The summed E-state index contributed by atoms with van der Waals surface area (Å²) in [5.74, 6) is 0.299. The highest BCUT2D eigenvalue weighted by atomic mass is 16.7. The number of hydrogen-bond donors (Lipinski definition) is 0. The number of rotatable bonds is 12. The minimum Gasteiger partial charge on any atom is -0.403 e. The van der Waals surface area contributed by atoms with Gasteiger partial charge < -0.3 is 18.6 Å². The number of hydrogen-bond acceptors (Lipinski definition) is 4. The van der Waals surface area contributed by atoms with Crippen LogP contribution in [-0.4, -0.2) is 36.6 Å². The maximum absolute atomic E-state index is 6.72. The second-order valence-electron chi connectivity index (χ2n) is 14.1. The van der Waals surface area contributed by atoms with E-state index in [0.717, 1.165) is 12.8 Å². The molecule has 0 amide bonds. The van der Waals surface area contributed by atoms with E-state index in [0.29, 0.717) is 5.92 Å². The highest BCUT2D eigenvalue weighted by molar-refractivity contribution is 6.56. The van der Waals surface area contributed by atoms with Gasteiger partial charge in [-0.05, 0) is 86.0 Å². The first-order valence-corrected chi connectivity index (χ1v) is 15.3. The normalized spacial score (nSPS) is 30.0. The van der Waals surface area contributed by atoms with Gasteiger partial charge in [0.2, 0.25) is 0 Å². The fourth-order valence-electron chi connectivity index (χ4n) is 5.75. The summed E-state index contributed by atoms with van der Waals surface area (Å²) in [6.45, 7) is 24.2. The third kappa shape index (κ3) is 6.44. The summed E-state index contributed by atoms with van der Waals surface area (Å²) >= 11 is 0. The molecule has 3 aliphatic rings. The Balaban J connectivity index is 1.99. The van der Waals surface area contributed by atoms with Gasteiger partial charge in [0.05, 0.1) is 22.4 Å². The van der Waals surface area contributed by atoms with Gasteiger partial charge in [0, 0.05) is 5.31 Å². The number of allylic oxidation sites excluding steroid dienone is 4. The van der Waals surface area contributed by atoms with Gasteiger partial charge in [0.15, 0.2) is 0 Å². The Morgan fingerprint density at radius 3 is 1.65 bits per heavy atom. The average Bonchev–Trinajstić information content (AvgIpc) is 3.15. The maximum atomic E-state index is 6.72. The molecule has 2 atom stereocenters. The molecule has 210 valence electrons. The zero-order valence-electron chi connectivity index (χ0n) is 26.1. The third-order valence-electron chi connectivity index (χ3n) is 9.97. The van der Waals surface area contributed by atoms with Crippen molar-refractivity contribution in [2.45, 2.75) is 168 Å². The lowest BCUT2D eigenvalue weighted by atomic mass is 9.47. The van der Waals surface area contributed by atoms with Gasteiger partial charge in [-0.1, -0.05) is 83.4 Å². The van der Waals surface area contributed by atoms with Gasteiger partial charge in [-0.25, -0.2) is 0 Å². The number of unbranched alkanes of at least 4 members (excludes halogenated alkanes) is 6. The molecule has 4 nitrogen and oxygen atoms in total. The van der Waals surface area contributed by atoms with E-state index in [-0.39, 0.29) is 42.0 Å². The summed E-state index contributed by atoms with van der Waals surface area (Å²) in [5, 5.41) is -0.246. The topological polar surface area (TPSA) is 36.9 Å². The van der Waals surface area contributed by atoms with Crippen molar-refractivity contribution >= 4 is 14.2 Å². The predicted octanol–water partition coefficient (Wildman–Crippen LogP) is 8.89. The smallest absolute Gasteiger partial charge is 0.403 e. The van der Waals surface area contributed by atoms with Crippen molar-refractivity contribution in [1.29, 1.82) is 0 Å². The first kappa shape index (κ1) is 31.0. The molecule has 0 N–H and O–H groups in total. The molecule has 0 aromatic rings. The van der Waals surface area contributed by atoms with Crippen molar-refractivity contribution in [3.8, 4) is 0 Å². The molecular formula is C31H56B2O4. The molecule has 0 bridgehead atoms. The van der Waals surface area contributed by atoms with Gasteiger partial charge in [0.25, 0.3) is 0 Å². The molecule has 2 saturated heterocycles. The molecule has 1 aliphatic carbocycles. The molecule has 0 radical (unpaired) electrons. The largest absolute Gasteiger partial charge is 0.494 e. The van der Waals surface area contributed by atoms with Crippen LogP contribution in [0.3, 0.4) is 0 Å². The first-order chi connectivity index (χ1) is 17.1. The maximum Gasteiger partial charge on any atom is 0.494 e. The van der Waals surface area contributed by atoms with Crippen LogP contribution in [-0.2, 0) is 18.6 Å². The van der Waals surface area contributed by atoms with Crippen LogP contribution < -0.4 is 0 Å². The zero-order chi connectivity index (χ0) is 27.7. The molecule has 0 spiro atoms. The van der Waals surface area contributed by atoms with Crippen LogP contribution in [0.2, 0.25) is 5.31 Å². The van der Waals surface area contributed by atoms with Crippen LogP contribution in [0.5, 0.6) is 0 Å². The van der Waals surface area contributed by atoms with Gasteiger partial charge >= 0.3 is 14.2 Å². The van der Waals surface area contributed by atoms with Crippen LogP contribution in [0.4, 0.5) is 0 Å². The summed E-state index contributed by atoms with van der Waals surface area (Å²) in [7, 11) is -0.612. The summed E-state index contributed by atoms with van der Waals surface area (Å²) in [4.78, 5) is 0. The van der Waals surface area contributed by atoms with E-state index < -0.39 is 0 Å². The molecule has 2 heterocycles. The van der Waals surface area contributed by atoms with Gasteiger partial charge in [0.1, 0.15) is 0 Å². The molecule has 0 aromatic carbocycles. The van der Waals surface area contributed by atoms with Crippen molar-refractivity contribution in [3.63, 3.8) is 0 Å². The lowest BCUT2D eigenvalue weighted by molar-refractivity contribution is 0.00578. The van der Waals surface area contributed by atoms with Crippen molar-refractivity contribution in [3.05, 3.63) is 23.2 Å². The second-order valence-corrected chi connectivity index (χ2v) is 14.1. The molecule has 2 unspecified atom stereocenters. The van der Waals surface area contributed by atoms with E-state index in [1.165, 1.54) is 62.4 Å². The van der Waals surface area contributed by atoms with Gasteiger partial charge in [-0.15, -0.1) is 0 Å². The third-order valence-corrected chi connectivity index (χ3v) is 9.97. The van der Waals surface area contributed by atoms with E-state index in [2.05, 4.69) is 88.3 Å². The summed E-state index contributed by atoms with van der Waals surface area (Å²) in [5.41, 5.74) is 1.20. The fourth-order valence-corrected chi connectivity index (χ4v) is 5.75. The van der Waals surface area contributed by atoms with Crippen molar-refractivity contribution in [2.24, 2.45) is 5.92 Å². The highest BCUT2D eigenvalue weighted by Crippen LogP contribution is 2.55. The van der Waals surface area contributed by atoms with Crippen molar-refractivity contribution in [1.82, 2.24) is 0 Å². The quantitative estimate of drug-likeness (QED) is 0.193. The van der Waals surface area contributed by atoms with Crippen molar-refractivity contribution < 1.29 is 18.6 Å². The molecule has 2 aliphatic heterocycles. The van der Waals surface area contributed by atoms with Crippen LogP contribution in [0, 0.1) is 5.92 Å². The van der Waals surface area contributed by atoms with Gasteiger partial charge in [-0.3, -0.25) is 0 Å². The first-order valence-electron chi connectivity index (χ1n) is 15.3. The second kappa shape index (κ2) is 11.5. The van der Waals surface area contributed by atoms with E-state index in [9.17, 15) is 0 Å². The van der Waals surface area contributed by atoms with E-state index in [1.54, 1.807) is 0 Å². The SMILES string of the molecule is CCCCCCC1=CC(C)(B2OC(C)(C)C(C)(C)O2)C(CCCCCC)C=C1B1OC(C)(C)C(C)(C)O1. The molecule has 6 heteroatoms. The van der Waals surface area contributed by atoms with Crippen LogP contribution >= 0.6 is 0 Å². The monoisotopic (exact) mass is 514 g/mol. The lowest BCUT2D eigenvalue weighted by Gasteiger charge is -2.40. The minimum atomic E-state index is -0.352. The highest BCUT2D eigenvalue weighted by Gasteiger charge is 2.61. The Kier molecular flexibility index (Phi) is 9.64. The molecule has 37 heavy (non-hydrogen) atoms. The van der Waals surface area contributed by atoms with Crippen LogP contribution in [0.25, 0.3) is 0 Å².